The van der Waals surface area contributed by atoms with E-state index in [4.69, 9.17) is 10.2 Å². The molecule has 0 atom stereocenters. The summed E-state index contributed by atoms with van der Waals surface area (Å²) >= 11 is 0. The Labute approximate surface area is 128 Å². The summed E-state index contributed by atoms with van der Waals surface area (Å²) in [5.74, 6) is -0.396. The Hall–Kier alpha value is -2.14. The van der Waals surface area contributed by atoms with Crippen molar-refractivity contribution < 1.29 is 9.21 Å². The number of fused-ring (bicyclic) bond motifs is 1. The molecule has 0 unspecified atom stereocenters. The van der Waals surface area contributed by atoms with E-state index in [1.807, 2.05) is 12.1 Å². The van der Waals surface area contributed by atoms with E-state index in [1.54, 1.807) is 18.2 Å². The number of carbonyl (C=O) groups excluding carboxylic acids is 1. The van der Waals surface area contributed by atoms with Crippen molar-refractivity contribution in [2.24, 2.45) is 5.73 Å². The summed E-state index contributed by atoms with van der Waals surface area (Å²) in [7, 11) is 0. The summed E-state index contributed by atoms with van der Waals surface area (Å²) in [6.45, 7) is 0.387. The van der Waals surface area contributed by atoms with Gasteiger partial charge in [-0.15, -0.1) is 0 Å². The molecule has 0 aliphatic heterocycles. The van der Waals surface area contributed by atoms with Gasteiger partial charge in [0.2, 0.25) is 0 Å². The van der Waals surface area contributed by atoms with Crippen molar-refractivity contribution in [3.8, 4) is 0 Å². The number of hydrogen-bond donors (Lipinski definition) is 2. The van der Waals surface area contributed by atoms with Gasteiger partial charge in [-0.3, -0.25) is 4.79 Å². The van der Waals surface area contributed by atoms with Crippen LogP contribution in [0.4, 0.5) is 0 Å². The van der Waals surface area contributed by atoms with Crippen LogP contribution in [0.5, 0.6) is 0 Å². The van der Waals surface area contributed by atoms with Gasteiger partial charge in [0, 0.05) is 11.9 Å². The van der Waals surface area contributed by atoms with Gasteiger partial charge in [-0.25, -0.2) is 4.79 Å². The topological polar surface area (TPSA) is 85.3 Å². The van der Waals surface area contributed by atoms with Gasteiger partial charge in [0.1, 0.15) is 11.1 Å². The van der Waals surface area contributed by atoms with Crippen molar-refractivity contribution in [2.75, 3.05) is 6.54 Å². The molecule has 0 spiro atoms. The molecule has 1 fully saturated rings. The highest BCUT2D eigenvalue weighted by Crippen LogP contribution is 2.27. The fourth-order valence-electron chi connectivity index (χ4n) is 3.14. The van der Waals surface area contributed by atoms with Crippen LogP contribution in [0, 0.1) is 0 Å². The Balaban J connectivity index is 1.91. The third-order valence-corrected chi connectivity index (χ3v) is 4.47. The summed E-state index contributed by atoms with van der Waals surface area (Å²) < 4.78 is 5.22. The number of hydrogen-bond acceptors (Lipinski definition) is 4. The van der Waals surface area contributed by atoms with Crippen molar-refractivity contribution in [2.45, 2.75) is 37.6 Å². The predicted octanol–water partition coefficient (Wildman–Crippen LogP) is 2.18. The van der Waals surface area contributed by atoms with Crippen molar-refractivity contribution in [1.29, 1.82) is 0 Å². The number of para-hydroxylation sites is 1. The standard InChI is InChI=1S/C17H20N2O3/c18-11-17(8-4-1-5-9-17)19-15(20)13-10-12-6-2-3-7-14(12)22-16(13)21/h2-3,6-7,10H,1,4-5,8-9,11,18H2,(H,19,20). The third-order valence-electron chi connectivity index (χ3n) is 4.47. The Bertz CT molecular complexity index is 745. The molecule has 3 N–H and O–H groups in total. The van der Waals surface area contributed by atoms with Gasteiger partial charge in [-0.05, 0) is 25.0 Å². The lowest BCUT2D eigenvalue weighted by atomic mass is 9.81. The smallest absolute Gasteiger partial charge is 0.349 e. The summed E-state index contributed by atoms with van der Waals surface area (Å²) in [4.78, 5) is 24.6. The fraction of sp³-hybridized carbons (Fsp3) is 0.412. The Morgan fingerprint density at radius 3 is 2.68 bits per heavy atom. The maximum absolute atomic E-state index is 12.5. The van der Waals surface area contributed by atoms with Gasteiger partial charge in [0.25, 0.3) is 5.91 Å². The molecular formula is C17H20N2O3. The van der Waals surface area contributed by atoms with Gasteiger partial charge in [0.15, 0.2) is 0 Å². The second-order valence-corrected chi connectivity index (χ2v) is 5.98. The molecule has 5 nitrogen and oxygen atoms in total. The van der Waals surface area contributed by atoms with Crippen LogP contribution >= 0.6 is 0 Å². The summed E-state index contributed by atoms with van der Waals surface area (Å²) in [5.41, 5.74) is 5.39. The van der Waals surface area contributed by atoms with Gasteiger partial charge in [-0.1, -0.05) is 37.5 Å². The highest BCUT2D eigenvalue weighted by atomic mass is 16.4. The molecular weight excluding hydrogens is 280 g/mol. The zero-order chi connectivity index (χ0) is 15.6. The van der Waals surface area contributed by atoms with Crippen LogP contribution in [0.25, 0.3) is 11.0 Å². The van der Waals surface area contributed by atoms with E-state index in [2.05, 4.69) is 5.32 Å². The Kier molecular flexibility index (Phi) is 3.98. The van der Waals surface area contributed by atoms with Crippen LogP contribution in [0.2, 0.25) is 0 Å². The molecule has 22 heavy (non-hydrogen) atoms. The van der Waals surface area contributed by atoms with Crippen LogP contribution in [0.3, 0.4) is 0 Å². The summed E-state index contributed by atoms with van der Waals surface area (Å²) in [6.07, 6.45) is 4.96. The first-order chi connectivity index (χ1) is 10.6. The van der Waals surface area contributed by atoms with E-state index < -0.39 is 17.1 Å². The second-order valence-electron chi connectivity index (χ2n) is 5.98. The predicted molar refractivity (Wildman–Crippen MR) is 84.8 cm³/mol. The molecule has 5 heteroatoms. The average Bonchev–Trinajstić information content (AvgIpc) is 2.55. The highest BCUT2D eigenvalue weighted by Gasteiger charge is 2.33. The quantitative estimate of drug-likeness (QED) is 0.851. The number of nitrogens with one attached hydrogen (secondary N) is 1. The maximum Gasteiger partial charge on any atom is 0.349 e. The Morgan fingerprint density at radius 1 is 1.23 bits per heavy atom. The van der Waals surface area contributed by atoms with E-state index in [0.717, 1.165) is 37.5 Å². The first-order valence-electron chi connectivity index (χ1n) is 7.69. The van der Waals surface area contributed by atoms with Crippen LogP contribution in [0.1, 0.15) is 42.5 Å². The molecule has 0 radical (unpaired) electrons. The lowest BCUT2D eigenvalue weighted by Gasteiger charge is -2.37. The van der Waals surface area contributed by atoms with Crippen molar-refractivity contribution >= 4 is 16.9 Å². The number of amides is 1. The number of carbonyl (C=O) groups is 1. The normalized spacial score (nSPS) is 17.3. The van der Waals surface area contributed by atoms with E-state index in [-0.39, 0.29) is 5.56 Å². The molecule has 1 aliphatic rings. The molecule has 1 heterocycles. The number of benzene rings is 1. The van der Waals surface area contributed by atoms with Gasteiger partial charge < -0.3 is 15.5 Å². The van der Waals surface area contributed by atoms with E-state index >= 15 is 0 Å². The van der Waals surface area contributed by atoms with Gasteiger partial charge in [0.05, 0.1) is 5.54 Å². The van der Waals surface area contributed by atoms with Crippen LogP contribution in [-0.2, 0) is 0 Å². The number of rotatable bonds is 3. The SMILES string of the molecule is NCC1(NC(=O)c2cc3ccccc3oc2=O)CCCCC1. The van der Waals surface area contributed by atoms with E-state index in [1.165, 1.54) is 0 Å². The lowest BCUT2D eigenvalue weighted by Crippen LogP contribution is -2.55. The van der Waals surface area contributed by atoms with Crippen LogP contribution in [-0.4, -0.2) is 18.0 Å². The van der Waals surface area contributed by atoms with Gasteiger partial charge >= 0.3 is 5.63 Å². The monoisotopic (exact) mass is 300 g/mol. The van der Waals surface area contributed by atoms with Crippen molar-refractivity contribution in [3.63, 3.8) is 0 Å². The van der Waals surface area contributed by atoms with Crippen molar-refractivity contribution in [1.82, 2.24) is 5.32 Å². The molecule has 1 aliphatic carbocycles. The van der Waals surface area contributed by atoms with Crippen LogP contribution in [0.15, 0.2) is 39.5 Å². The molecule has 0 bridgehead atoms. The molecule has 116 valence electrons. The largest absolute Gasteiger partial charge is 0.422 e. The van der Waals surface area contributed by atoms with E-state index in [0.29, 0.717) is 12.1 Å². The van der Waals surface area contributed by atoms with E-state index in [9.17, 15) is 9.59 Å². The van der Waals surface area contributed by atoms with Crippen molar-refractivity contribution in [3.05, 3.63) is 46.3 Å². The fourth-order valence-corrected chi connectivity index (χ4v) is 3.14. The zero-order valence-corrected chi connectivity index (χ0v) is 12.4. The molecule has 1 saturated carbocycles. The number of nitrogens with two attached hydrogens (primary N) is 1. The second kappa shape index (κ2) is 5.93. The molecule has 1 amide bonds. The minimum absolute atomic E-state index is 0.0390. The zero-order valence-electron chi connectivity index (χ0n) is 12.4. The minimum atomic E-state index is -0.612. The summed E-state index contributed by atoms with van der Waals surface area (Å²) in [5, 5.41) is 3.71. The summed E-state index contributed by atoms with van der Waals surface area (Å²) in [6, 6.07) is 8.74. The minimum Gasteiger partial charge on any atom is -0.422 e. The molecule has 2 aromatic rings. The lowest BCUT2D eigenvalue weighted by molar-refractivity contribution is 0.0871. The molecule has 3 rings (SSSR count). The Morgan fingerprint density at radius 2 is 1.95 bits per heavy atom. The highest BCUT2D eigenvalue weighted by molar-refractivity contribution is 5.97. The third kappa shape index (κ3) is 2.76. The molecule has 1 aromatic carbocycles. The maximum atomic E-state index is 12.5. The van der Waals surface area contributed by atoms with Crippen LogP contribution < -0.4 is 16.7 Å². The molecule has 0 saturated heterocycles. The average molecular weight is 300 g/mol. The van der Waals surface area contributed by atoms with Gasteiger partial charge in [-0.2, -0.15) is 0 Å². The first kappa shape index (κ1) is 14.8. The first-order valence-corrected chi connectivity index (χ1v) is 7.69. The molecule has 1 aromatic heterocycles.